The molecule has 0 spiro atoms. The zero-order valence-electron chi connectivity index (χ0n) is 10.2. The first-order valence-electron chi connectivity index (χ1n) is 5.54. The van der Waals surface area contributed by atoms with Gasteiger partial charge in [-0.25, -0.2) is 0 Å². The number of hydrogen-bond donors (Lipinski definition) is 1. The Hall–Kier alpha value is -1.10. The Bertz CT molecular complexity index is 344. The molecule has 1 atom stereocenters. The van der Waals surface area contributed by atoms with Crippen molar-refractivity contribution in [3.8, 4) is 0 Å². The molecular formula is C12H17F3N2. The van der Waals surface area contributed by atoms with Crippen LogP contribution in [0.2, 0.25) is 0 Å². The van der Waals surface area contributed by atoms with Crippen molar-refractivity contribution < 1.29 is 13.2 Å². The van der Waals surface area contributed by atoms with E-state index in [1.54, 1.807) is 0 Å². The Morgan fingerprint density at radius 1 is 1.29 bits per heavy atom. The Balaban J connectivity index is 2.75. The maximum atomic E-state index is 12.3. The molecule has 1 aromatic heterocycles. The molecule has 0 saturated heterocycles. The van der Waals surface area contributed by atoms with E-state index in [2.05, 4.69) is 24.1 Å². The molecule has 1 unspecified atom stereocenters. The fourth-order valence-corrected chi connectivity index (χ4v) is 1.61. The quantitative estimate of drug-likeness (QED) is 0.883. The minimum atomic E-state index is -4.31. The second kappa shape index (κ2) is 5.49. The number of hydrogen-bond acceptors (Lipinski definition) is 2. The van der Waals surface area contributed by atoms with Crippen molar-refractivity contribution in [2.24, 2.45) is 5.92 Å². The van der Waals surface area contributed by atoms with Crippen LogP contribution in [0.15, 0.2) is 18.3 Å². The van der Waals surface area contributed by atoms with Crippen LogP contribution in [0.3, 0.4) is 0 Å². The average molecular weight is 246 g/mol. The van der Waals surface area contributed by atoms with Gasteiger partial charge in [-0.2, -0.15) is 13.2 Å². The van der Waals surface area contributed by atoms with Crippen LogP contribution in [-0.2, 0) is 12.6 Å². The van der Waals surface area contributed by atoms with E-state index in [1.165, 1.54) is 6.07 Å². The van der Waals surface area contributed by atoms with Gasteiger partial charge in [0, 0.05) is 24.4 Å². The summed E-state index contributed by atoms with van der Waals surface area (Å²) in [5, 5.41) is 3.13. The van der Waals surface area contributed by atoms with Crippen molar-refractivity contribution in [2.45, 2.75) is 32.5 Å². The second-order valence-electron chi connectivity index (χ2n) is 4.38. The molecule has 0 bridgehead atoms. The van der Waals surface area contributed by atoms with Gasteiger partial charge >= 0.3 is 6.18 Å². The smallest absolute Gasteiger partial charge is 0.316 e. The standard InChI is InChI=1S/C12H17F3N2/c1-8(2)11(16-3)6-10-5-4-9(7-17-10)12(13,14)15/h4-5,7-8,11,16H,6H2,1-3H3. The lowest BCUT2D eigenvalue weighted by molar-refractivity contribution is -0.137. The Labute approximate surface area is 99.3 Å². The van der Waals surface area contributed by atoms with Crippen LogP contribution in [0.4, 0.5) is 13.2 Å². The third-order valence-electron chi connectivity index (χ3n) is 2.76. The number of alkyl halides is 3. The van der Waals surface area contributed by atoms with Gasteiger partial charge in [-0.1, -0.05) is 13.8 Å². The molecule has 1 aromatic rings. The fourth-order valence-electron chi connectivity index (χ4n) is 1.61. The van der Waals surface area contributed by atoms with Crippen LogP contribution >= 0.6 is 0 Å². The SMILES string of the molecule is CNC(Cc1ccc(C(F)(F)F)cn1)C(C)C. The van der Waals surface area contributed by atoms with Crippen molar-refractivity contribution >= 4 is 0 Å². The van der Waals surface area contributed by atoms with Gasteiger partial charge < -0.3 is 5.32 Å². The zero-order valence-corrected chi connectivity index (χ0v) is 10.2. The average Bonchev–Trinajstić information content (AvgIpc) is 2.25. The molecule has 5 heteroatoms. The van der Waals surface area contributed by atoms with Crippen LogP contribution < -0.4 is 5.32 Å². The molecule has 1 N–H and O–H groups in total. The summed E-state index contributed by atoms with van der Waals surface area (Å²) in [6.45, 7) is 4.12. The highest BCUT2D eigenvalue weighted by atomic mass is 19.4. The molecule has 0 radical (unpaired) electrons. The van der Waals surface area contributed by atoms with E-state index in [-0.39, 0.29) is 6.04 Å². The lowest BCUT2D eigenvalue weighted by Gasteiger charge is -2.19. The molecule has 0 aromatic carbocycles. The van der Waals surface area contributed by atoms with Crippen LogP contribution in [0.1, 0.15) is 25.1 Å². The minimum absolute atomic E-state index is 0.222. The van der Waals surface area contributed by atoms with Gasteiger partial charge in [-0.15, -0.1) is 0 Å². The summed E-state index contributed by atoms with van der Waals surface area (Å²) in [5.74, 6) is 0.407. The highest BCUT2D eigenvalue weighted by Crippen LogP contribution is 2.28. The molecule has 0 amide bonds. The molecule has 0 saturated carbocycles. The van der Waals surface area contributed by atoms with Gasteiger partial charge in [-0.3, -0.25) is 4.98 Å². The molecule has 1 heterocycles. The zero-order chi connectivity index (χ0) is 13.1. The van der Waals surface area contributed by atoms with Crippen molar-refractivity contribution in [2.75, 3.05) is 7.05 Å². The Kier molecular flexibility index (Phi) is 4.51. The molecule has 17 heavy (non-hydrogen) atoms. The van der Waals surface area contributed by atoms with Gasteiger partial charge in [0.25, 0.3) is 0 Å². The molecule has 0 aliphatic heterocycles. The van der Waals surface area contributed by atoms with Crippen LogP contribution in [0, 0.1) is 5.92 Å². The summed E-state index contributed by atoms with van der Waals surface area (Å²) >= 11 is 0. The first-order valence-corrected chi connectivity index (χ1v) is 5.54. The molecule has 1 rings (SSSR count). The van der Waals surface area contributed by atoms with Crippen LogP contribution in [0.25, 0.3) is 0 Å². The summed E-state index contributed by atoms with van der Waals surface area (Å²) in [7, 11) is 1.84. The summed E-state index contributed by atoms with van der Waals surface area (Å²) < 4.78 is 37.0. The van der Waals surface area contributed by atoms with E-state index >= 15 is 0 Å². The molecule has 0 aliphatic rings. The van der Waals surface area contributed by atoms with E-state index in [0.29, 0.717) is 18.0 Å². The van der Waals surface area contributed by atoms with Crippen LogP contribution in [-0.4, -0.2) is 18.1 Å². The number of pyridine rings is 1. The van der Waals surface area contributed by atoms with Gasteiger partial charge in [0.15, 0.2) is 0 Å². The van der Waals surface area contributed by atoms with Crippen molar-refractivity contribution in [3.63, 3.8) is 0 Å². The molecule has 2 nitrogen and oxygen atoms in total. The van der Waals surface area contributed by atoms with Crippen molar-refractivity contribution in [1.82, 2.24) is 10.3 Å². The topological polar surface area (TPSA) is 24.9 Å². The van der Waals surface area contributed by atoms with Crippen molar-refractivity contribution in [3.05, 3.63) is 29.6 Å². The summed E-state index contributed by atoms with van der Waals surface area (Å²) in [6.07, 6.45) is -2.79. The Morgan fingerprint density at radius 3 is 2.29 bits per heavy atom. The van der Waals surface area contributed by atoms with E-state index in [0.717, 1.165) is 12.3 Å². The predicted molar refractivity (Wildman–Crippen MR) is 60.6 cm³/mol. The third-order valence-corrected chi connectivity index (χ3v) is 2.76. The minimum Gasteiger partial charge on any atom is -0.316 e. The number of nitrogens with zero attached hydrogens (tertiary/aromatic N) is 1. The summed E-state index contributed by atoms with van der Waals surface area (Å²) in [6, 6.07) is 2.74. The fraction of sp³-hybridized carbons (Fsp3) is 0.583. The summed E-state index contributed by atoms with van der Waals surface area (Å²) in [4.78, 5) is 3.86. The van der Waals surface area contributed by atoms with E-state index in [9.17, 15) is 13.2 Å². The molecule has 96 valence electrons. The number of nitrogens with one attached hydrogen (secondary N) is 1. The van der Waals surface area contributed by atoms with Gasteiger partial charge in [-0.05, 0) is 25.1 Å². The third kappa shape index (κ3) is 4.00. The van der Waals surface area contributed by atoms with Gasteiger partial charge in [0.2, 0.25) is 0 Å². The molecule has 0 fully saturated rings. The van der Waals surface area contributed by atoms with E-state index in [4.69, 9.17) is 0 Å². The van der Waals surface area contributed by atoms with E-state index < -0.39 is 11.7 Å². The second-order valence-corrected chi connectivity index (χ2v) is 4.38. The maximum absolute atomic E-state index is 12.3. The largest absolute Gasteiger partial charge is 0.417 e. The number of halogens is 3. The van der Waals surface area contributed by atoms with E-state index in [1.807, 2.05) is 7.05 Å². The molecular weight excluding hydrogens is 229 g/mol. The lowest BCUT2D eigenvalue weighted by atomic mass is 9.99. The number of aromatic nitrogens is 1. The summed E-state index contributed by atoms with van der Waals surface area (Å²) in [5.41, 5.74) is -0.0298. The highest BCUT2D eigenvalue weighted by Gasteiger charge is 2.30. The van der Waals surface area contributed by atoms with Crippen LogP contribution in [0.5, 0.6) is 0 Å². The lowest BCUT2D eigenvalue weighted by Crippen LogP contribution is -2.33. The van der Waals surface area contributed by atoms with Gasteiger partial charge in [0.1, 0.15) is 0 Å². The normalized spacial score (nSPS) is 14.1. The number of rotatable bonds is 4. The first kappa shape index (κ1) is 14.0. The van der Waals surface area contributed by atoms with Crippen molar-refractivity contribution in [1.29, 1.82) is 0 Å². The maximum Gasteiger partial charge on any atom is 0.417 e. The Morgan fingerprint density at radius 2 is 1.94 bits per heavy atom. The number of likely N-dealkylation sites (N-methyl/N-ethyl adjacent to an activating group) is 1. The van der Waals surface area contributed by atoms with Gasteiger partial charge in [0.05, 0.1) is 5.56 Å². The molecule has 0 aliphatic carbocycles. The first-order chi connectivity index (χ1) is 7.84. The predicted octanol–water partition coefficient (Wildman–Crippen LogP) is 2.89. The highest BCUT2D eigenvalue weighted by molar-refractivity contribution is 5.17. The monoisotopic (exact) mass is 246 g/mol.